The maximum Gasteiger partial charge on any atom is 0.258 e. The maximum absolute atomic E-state index is 13.3. The van der Waals surface area contributed by atoms with E-state index in [9.17, 15) is 4.79 Å². The van der Waals surface area contributed by atoms with Gasteiger partial charge in [0, 0.05) is 12.3 Å². The van der Waals surface area contributed by atoms with Gasteiger partial charge in [0.05, 0.1) is 24.5 Å². The molecule has 1 amide bonds. The normalized spacial score (nSPS) is 20.7. The van der Waals surface area contributed by atoms with E-state index in [1.807, 2.05) is 60.7 Å². The summed E-state index contributed by atoms with van der Waals surface area (Å²) in [5, 5.41) is 3.51. The van der Waals surface area contributed by atoms with Gasteiger partial charge in [0.2, 0.25) is 0 Å². The third-order valence-electron chi connectivity index (χ3n) is 5.56. The van der Waals surface area contributed by atoms with Crippen LogP contribution in [0.25, 0.3) is 0 Å². The van der Waals surface area contributed by atoms with E-state index >= 15 is 0 Å². The molecule has 6 heteroatoms. The molecule has 154 valence electrons. The first-order valence-corrected chi connectivity index (χ1v) is 10.3. The van der Waals surface area contributed by atoms with Crippen molar-refractivity contribution in [3.8, 4) is 5.75 Å². The Morgan fingerprint density at radius 3 is 2.87 bits per heavy atom. The van der Waals surface area contributed by atoms with Gasteiger partial charge in [0.1, 0.15) is 24.3 Å². The van der Waals surface area contributed by atoms with Crippen molar-refractivity contribution < 1.29 is 18.7 Å². The molecular formula is C24H24N2O4. The number of hydrogen-bond donors (Lipinski definition) is 1. The van der Waals surface area contributed by atoms with E-state index in [2.05, 4.69) is 5.32 Å². The third-order valence-corrected chi connectivity index (χ3v) is 5.56. The number of carbonyl (C=O) groups excluding carboxylic acids is 1. The minimum Gasteiger partial charge on any atom is -0.491 e. The molecule has 0 saturated carbocycles. The minimum absolute atomic E-state index is 0.0311. The van der Waals surface area contributed by atoms with Crippen molar-refractivity contribution in [3.63, 3.8) is 0 Å². The summed E-state index contributed by atoms with van der Waals surface area (Å²) < 4.78 is 17.1. The molecule has 2 aromatic carbocycles. The van der Waals surface area contributed by atoms with Crippen molar-refractivity contribution in [1.29, 1.82) is 0 Å². The number of furan rings is 1. The maximum atomic E-state index is 13.3. The number of carbonyl (C=O) groups is 1. The molecule has 1 aromatic heterocycles. The highest BCUT2D eigenvalue weighted by molar-refractivity contribution is 6.01. The van der Waals surface area contributed by atoms with Gasteiger partial charge in [-0.05, 0) is 54.8 Å². The number of para-hydroxylation sites is 1. The van der Waals surface area contributed by atoms with E-state index in [4.69, 9.17) is 13.9 Å². The number of rotatable bonds is 6. The fourth-order valence-corrected chi connectivity index (χ4v) is 4.03. The van der Waals surface area contributed by atoms with Crippen molar-refractivity contribution >= 4 is 11.6 Å². The number of amides is 1. The lowest BCUT2D eigenvalue weighted by atomic mass is 10.0. The molecule has 0 spiro atoms. The SMILES string of the molecule is O=C1c2ccccc2NC(c2cccc(OCC3CCCO3)c2)N1Cc1ccco1. The predicted molar refractivity (Wildman–Crippen MR) is 112 cm³/mol. The van der Waals surface area contributed by atoms with E-state index in [1.54, 1.807) is 11.2 Å². The monoisotopic (exact) mass is 404 g/mol. The van der Waals surface area contributed by atoms with Crippen molar-refractivity contribution in [2.75, 3.05) is 18.5 Å². The minimum atomic E-state index is -0.330. The topological polar surface area (TPSA) is 63.9 Å². The summed E-state index contributed by atoms with van der Waals surface area (Å²) in [7, 11) is 0. The highest BCUT2D eigenvalue weighted by atomic mass is 16.5. The number of ether oxygens (including phenoxy) is 2. The van der Waals surface area contributed by atoms with E-state index in [0.29, 0.717) is 18.7 Å². The van der Waals surface area contributed by atoms with Gasteiger partial charge in [-0.25, -0.2) is 0 Å². The van der Waals surface area contributed by atoms with Gasteiger partial charge >= 0.3 is 0 Å². The van der Waals surface area contributed by atoms with Crippen LogP contribution in [0.4, 0.5) is 5.69 Å². The average molecular weight is 404 g/mol. The second kappa shape index (κ2) is 8.24. The Bertz CT molecular complexity index is 1010. The fourth-order valence-electron chi connectivity index (χ4n) is 4.03. The van der Waals surface area contributed by atoms with Gasteiger partial charge in [0.25, 0.3) is 5.91 Å². The molecule has 30 heavy (non-hydrogen) atoms. The zero-order valence-corrected chi connectivity index (χ0v) is 16.6. The van der Waals surface area contributed by atoms with Crippen LogP contribution in [0.5, 0.6) is 5.75 Å². The molecule has 3 aromatic rings. The van der Waals surface area contributed by atoms with Crippen LogP contribution in [0.15, 0.2) is 71.3 Å². The van der Waals surface area contributed by atoms with E-state index < -0.39 is 0 Å². The number of nitrogens with one attached hydrogen (secondary N) is 1. The van der Waals surface area contributed by atoms with Crippen LogP contribution in [0.2, 0.25) is 0 Å². The molecule has 0 bridgehead atoms. The molecule has 5 rings (SSSR count). The van der Waals surface area contributed by atoms with Crippen molar-refractivity contribution in [1.82, 2.24) is 4.90 Å². The van der Waals surface area contributed by atoms with Gasteiger partial charge in [-0.2, -0.15) is 0 Å². The first-order valence-electron chi connectivity index (χ1n) is 10.3. The van der Waals surface area contributed by atoms with Crippen LogP contribution in [-0.2, 0) is 11.3 Å². The summed E-state index contributed by atoms with van der Waals surface area (Å²) in [5.41, 5.74) is 2.44. The van der Waals surface area contributed by atoms with Crippen LogP contribution in [0.3, 0.4) is 0 Å². The van der Waals surface area contributed by atoms with Gasteiger partial charge in [-0.15, -0.1) is 0 Å². The number of benzene rings is 2. The average Bonchev–Trinajstić information content (AvgIpc) is 3.49. The van der Waals surface area contributed by atoms with Gasteiger partial charge in [0.15, 0.2) is 0 Å². The summed E-state index contributed by atoms with van der Waals surface area (Å²) in [6.07, 6.45) is 3.57. The zero-order valence-electron chi connectivity index (χ0n) is 16.6. The Morgan fingerprint density at radius 1 is 1.10 bits per heavy atom. The van der Waals surface area contributed by atoms with Crippen molar-refractivity contribution in [2.45, 2.75) is 31.7 Å². The molecule has 2 atom stereocenters. The molecule has 0 radical (unpaired) electrons. The number of fused-ring (bicyclic) bond motifs is 1. The first-order chi connectivity index (χ1) is 14.8. The molecule has 1 N–H and O–H groups in total. The first kappa shape index (κ1) is 18.8. The highest BCUT2D eigenvalue weighted by Gasteiger charge is 2.33. The Morgan fingerprint density at radius 2 is 2.03 bits per heavy atom. The van der Waals surface area contributed by atoms with Gasteiger partial charge in [-0.3, -0.25) is 4.79 Å². The quantitative estimate of drug-likeness (QED) is 0.650. The number of hydrogen-bond acceptors (Lipinski definition) is 5. The summed E-state index contributed by atoms with van der Waals surface area (Å²) in [5.74, 6) is 1.48. The van der Waals surface area contributed by atoms with Gasteiger partial charge < -0.3 is 24.1 Å². The summed E-state index contributed by atoms with van der Waals surface area (Å²) in [4.78, 5) is 15.1. The molecule has 1 fully saturated rings. The summed E-state index contributed by atoms with van der Waals surface area (Å²) >= 11 is 0. The summed E-state index contributed by atoms with van der Waals surface area (Å²) in [6.45, 7) is 1.72. The smallest absolute Gasteiger partial charge is 0.258 e. The second-order valence-corrected chi connectivity index (χ2v) is 7.62. The van der Waals surface area contributed by atoms with Crippen LogP contribution in [-0.4, -0.2) is 30.1 Å². The van der Waals surface area contributed by atoms with Crippen LogP contribution < -0.4 is 10.1 Å². The van der Waals surface area contributed by atoms with Crippen LogP contribution in [0.1, 0.15) is 40.7 Å². The molecule has 0 aliphatic carbocycles. The third kappa shape index (κ3) is 3.78. The second-order valence-electron chi connectivity index (χ2n) is 7.62. The Balaban J connectivity index is 1.43. The fraction of sp³-hybridized carbons (Fsp3) is 0.292. The standard InChI is InChI=1S/C24H24N2O4/c27-24-21-10-1-2-11-22(21)25-23(26(24)15-19-8-4-12-28-19)17-6-3-7-18(14-17)30-16-20-9-5-13-29-20/h1-4,6-8,10-12,14,20,23,25H,5,9,13,15-16H2. The highest BCUT2D eigenvalue weighted by Crippen LogP contribution is 2.35. The lowest BCUT2D eigenvalue weighted by Gasteiger charge is -2.37. The predicted octanol–water partition coefficient (Wildman–Crippen LogP) is 4.60. The molecule has 2 unspecified atom stereocenters. The Hall–Kier alpha value is -3.25. The van der Waals surface area contributed by atoms with Gasteiger partial charge in [-0.1, -0.05) is 24.3 Å². The zero-order chi connectivity index (χ0) is 20.3. The lowest BCUT2D eigenvalue weighted by Crippen LogP contribution is -2.42. The number of anilines is 1. The molecule has 1 saturated heterocycles. The van der Waals surface area contributed by atoms with Crippen molar-refractivity contribution in [2.24, 2.45) is 0 Å². The van der Waals surface area contributed by atoms with Crippen LogP contribution >= 0.6 is 0 Å². The van der Waals surface area contributed by atoms with E-state index in [0.717, 1.165) is 42.2 Å². The molecule has 3 heterocycles. The van der Waals surface area contributed by atoms with E-state index in [1.165, 1.54) is 0 Å². The molecular weight excluding hydrogens is 380 g/mol. The number of nitrogens with zero attached hydrogens (tertiary/aromatic N) is 1. The summed E-state index contributed by atoms with van der Waals surface area (Å²) in [6, 6.07) is 19.2. The van der Waals surface area contributed by atoms with Crippen molar-refractivity contribution in [3.05, 3.63) is 83.8 Å². The lowest BCUT2D eigenvalue weighted by molar-refractivity contribution is 0.0647. The molecule has 6 nitrogen and oxygen atoms in total. The Labute approximate surface area is 175 Å². The molecule has 2 aliphatic heterocycles. The Kier molecular flexibility index (Phi) is 5.15. The largest absolute Gasteiger partial charge is 0.491 e. The molecule has 2 aliphatic rings. The van der Waals surface area contributed by atoms with Crippen LogP contribution in [0, 0.1) is 0 Å². The van der Waals surface area contributed by atoms with E-state index in [-0.39, 0.29) is 18.2 Å².